The third kappa shape index (κ3) is 7.70. The molecule has 5 aromatic carbocycles. The quantitative estimate of drug-likeness (QED) is 0.0730. The number of hydrogen-bond acceptors (Lipinski definition) is 6. The summed E-state index contributed by atoms with van der Waals surface area (Å²) in [5, 5.41) is 15.8. The van der Waals surface area contributed by atoms with Crippen LogP contribution in [0.3, 0.4) is 0 Å². The first-order chi connectivity index (χ1) is 24.6. The van der Waals surface area contributed by atoms with Crippen LogP contribution >= 0.6 is 24.4 Å². The molecular weight excluding hydrogens is 677 g/mol. The number of carboxylic acids is 1. The van der Waals surface area contributed by atoms with Crippen LogP contribution in [0.2, 0.25) is 0 Å². The number of carboxylic acid groups (broad SMARTS) is 1. The molecule has 0 radical (unpaired) electrons. The topological polar surface area (TPSA) is 105 Å². The number of thioether (sulfide) groups is 1. The van der Waals surface area contributed by atoms with E-state index in [0.29, 0.717) is 0 Å². The van der Waals surface area contributed by atoms with E-state index in [1.165, 1.54) is 11.8 Å². The molecule has 51 heavy (non-hydrogen) atoms. The van der Waals surface area contributed by atoms with E-state index in [9.17, 15) is 19.5 Å². The summed E-state index contributed by atoms with van der Waals surface area (Å²) in [5.41, 5.74) is 7.23. The zero-order valence-electron chi connectivity index (χ0n) is 28.4. The summed E-state index contributed by atoms with van der Waals surface area (Å²) in [6.45, 7) is 3.43. The van der Waals surface area contributed by atoms with Gasteiger partial charge in [0.25, 0.3) is 0 Å². The highest BCUT2D eigenvalue weighted by Crippen LogP contribution is 2.49. The molecule has 0 saturated heterocycles. The van der Waals surface area contributed by atoms with Crippen molar-refractivity contribution < 1.29 is 24.2 Å². The van der Waals surface area contributed by atoms with Crippen molar-refractivity contribution in [3.63, 3.8) is 0 Å². The molecule has 0 heterocycles. The number of thiol groups is 1. The van der Waals surface area contributed by atoms with Gasteiger partial charge >= 0.3 is 12.1 Å². The van der Waals surface area contributed by atoms with E-state index < -0.39 is 39.5 Å². The normalized spacial score (nSPS) is 13.7. The molecule has 1 aliphatic carbocycles. The largest absolute Gasteiger partial charge is 0.480 e. The van der Waals surface area contributed by atoms with Gasteiger partial charge in [0.15, 0.2) is 0 Å². The molecule has 0 fully saturated rings. The fraction of sp³-hybridized carbons (Fsp3) is 0.214. The Morgan fingerprint density at radius 1 is 0.706 bits per heavy atom. The number of aliphatic carboxylic acids is 1. The Balaban J connectivity index is 1.20. The number of nitrogens with one attached hydrogen (secondary N) is 2. The second kappa shape index (κ2) is 15.5. The number of alkyl carbamates (subject to hydrolysis) is 1. The summed E-state index contributed by atoms with van der Waals surface area (Å²) in [7, 11) is 0. The van der Waals surface area contributed by atoms with Gasteiger partial charge in [-0.1, -0.05) is 140 Å². The fourth-order valence-electron chi connectivity index (χ4n) is 6.73. The molecule has 2 atom stereocenters. The number of carbonyl (C=O) groups excluding carboxylic acids is 2. The minimum atomic E-state index is -1.29. The number of amides is 2. The van der Waals surface area contributed by atoms with Crippen LogP contribution in [0.4, 0.5) is 4.79 Å². The van der Waals surface area contributed by atoms with Gasteiger partial charge in [0.05, 0.1) is 4.75 Å². The first-order valence-electron chi connectivity index (χ1n) is 16.8. The standard InChI is InChI=1S/C42H40N2O5S2/c1-41(2,50)37(44-40(48)49-26-35-33-24-14-12-22-31(33)32-23-13-15-25-34(32)35)38(45)43-36(39(46)47)27-51-42(28-16-6-3-7-17-28,29-18-8-4-9-19-29)30-20-10-5-11-21-30/h3-25,35-37,50H,26-27H2,1-2H3,(H,43,45)(H,44,48)(H,46,47)/t36-,37+/m0/s1. The number of fused-ring (bicyclic) bond motifs is 3. The van der Waals surface area contributed by atoms with E-state index in [2.05, 4.69) is 35.4 Å². The molecule has 1 aliphatic rings. The number of carbonyl (C=O) groups is 3. The van der Waals surface area contributed by atoms with Crippen LogP contribution in [0.1, 0.15) is 47.6 Å². The maximum Gasteiger partial charge on any atom is 0.407 e. The van der Waals surface area contributed by atoms with Gasteiger partial charge in [-0.2, -0.15) is 12.6 Å². The number of hydrogen-bond donors (Lipinski definition) is 4. The SMILES string of the molecule is CC(C)(S)[C@H](NC(=O)OCC1c2ccccc2-c2ccccc21)C(=O)N[C@@H](CSC(c1ccccc1)(c1ccccc1)c1ccccc1)C(=O)O. The molecule has 9 heteroatoms. The Morgan fingerprint density at radius 3 is 1.57 bits per heavy atom. The van der Waals surface area contributed by atoms with E-state index in [0.717, 1.165) is 38.9 Å². The molecule has 0 aromatic heterocycles. The van der Waals surface area contributed by atoms with Crippen LogP contribution in [0, 0.1) is 0 Å². The molecule has 5 aromatic rings. The molecule has 260 valence electrons. The van der Waals surface area contributed by atoms with Gasteiger partial charge in [-0.05, 0) is 52.8 Å². The average molecular weight is 717 g/mol. The monoisotopic (exact) mass is 716 g/mol. The van der Waals surface area contributed by atoms with Gasteiger partial charge in [-0.3, -0.25) is 4.79 Å². The van der Waals surface area contributed by atoms with Crippen molar-refractivity contribution >= 4 is 42.4 Å². The molecular formula is C42H40N2O5S2. The van der Waals surface area contributed by atoms with Crippen LogP contribution in [0.25, 0.3) is 11.1 Å². The lowest BCUT2D eigenvalue weighted by Gasteiger charge is -2.36. The van der Waals surface area contributed by atoms with E-state index in [1.54, 1.807) is 13.8 Å². The fourth-order valence-corrected chi connectivity index (χ4v) is 8.46. The lowest BCUT2D eigenvalue weighted by molar-refractivity contribution is -0.141. The highest BCUT2D eigenvalue weighted by Gasteiger charge is 2.41. The summed E-state index contributed by atoms with van der Waals surface area (Å²) < 4.78 is 3.87. The third-order valence-electron chi connectivity index (χ3n) is 9.20. The van der Waals surface area contributed by atoms with Gasteiger partial charge in [0.2, 0.25) is 5.91 Å². The summed E-state index contributed by atoms with van der Waals surface area (Å²) >= 11 is 6.05. The van der Waals surface area contributed by atoms with Crippen LogP contribution in [-0.4, -0.2) is 52.3 Å². The van der Waals surface area contributed by atoms with E-state index in [1.807, 2.05) is 127 Å². The summed E-state index contributed by atoms with van der Waals surface area (Å²) in [5.74, 6) is -2.02. The Kier molecular flexibility index (Phi) is 10.9. The van der Waals surface area contributed by atoms with Gasteiger partial charge < -0.3 is 20.5 Å². The lowest BCUT2D eigenvalue weighted by atomic mass is 9.84. The summed E-state index contributed by atoms with van der Waals surface area (Å²) in [6, 6.07) is 43.3. The second-order valence-corrected chi connectivity index (χ2v) is 15.4. The Bertz CT molecular complexity index is 1840. The van der Waals surface area contributed by atoms with Gasteiger partial charge in [-0.15, -0.1) is 11.8 Å². The maximum atomic E-state index is 13.9. The van der Waals surface area contributed by atoms with Crippen molar-refractivity contribution in [1.82, 2.24) is 10.6 Å². The van der Waals surface area contributed by atoms with Crippen molar-refractivity contribution in [2.75, 3.05) is 12.4 Å². The van der Waals surface area contributed by atoms with Crippen LogP contribution in [-0.2, 0) is 19.1 Å². The molecule has 0 aliphatic heterocycles. The van der Waals surface area contributed by atoms with E-state index in [-0.39, 0.29) is 18.3 Å². The minimum Gasteiger partial charge on any atom is -0.480 e. The highest BCUT2D eigenvalue weighted by molar-refractivity contribution is 8.00. The van der Waals surface area contributed by atoms with Crippen molar-refractivity contribution in [2.45, 2.75) is 41.3 Å². The lowest BCUT2D eigenvalue weighted by Crippen LogP contribution is -2.58. The molecule has 0 spiro atoms. The molecule has 0 bridgehead atoms. The number of benzene rings is 5. The average Bonchev–Trinajstić information content (AvgIpc) is 3.47. The third-order valence-corrected chi connectivity index (χ3v) is 11.1. The Hall–Kier alpha value is -4.99. The van der Waals surface area contributed by atoms with Crippen molar-refractivity contribution in [3.8, 4) is 11.1 Å². The van der Waals surface area contributed by atoms with Crippen LogP contribution < -0.4 is 10.6 Å². The first kappa shape index (κ1) is 35.8. The number of rotatable bonds is 13. The van der Waals surface area contributed by atoms with E-state index in [4.69, 9.17) is 4.74 Å². The summed E-state index contributed by atoms with van der Waals surface area (Å²) in [6.07, 6.45) is -0.795. The molecule has 3 N–H and O–H groups in total. The zero-order valence-corrected chi connectivity index (χ0v) is 30.1. The molecule has 0 unspecified atom stereocenters. The van der Waals surface area contributed by atoms with Crippen molar-refractivity contribution in [2.24, 2.45) is 0 Å². The molecule has 0 saturated carbocycles. The predicted octanol–water partition coefficient (Wildman–Crippen LogP) is 7.90. The minimum absolute atomic E-state index is 0.0183. The van der Waals surface area contributed by atoms with Gasteiger partial charge in [-0.25, -0.2) is 9.59 Å². The van der Waals surface area contributed by atoms with Gasteiger partial charge in [0, 0.05) is 16.4 Å². The second-order valence-electron chi connectivity index (χ2n) is 13.0. The summed E-state index contributed by atoms with van der Waals surface area (Å²) in [4.78, 5) is 39.9. The first-order valence-corrected chi connectivity index (χ1v) is 18.2. The smallest absolute Gasteiger partial charge is 0.407 e. The van der Waals surface area contributed by atoms with Crippen LogP contribution in [0.15, 0.2) is 140 Å². The molecule has 2 amide bonds. The van der Waals surface area contributed by atoms with Crippen molar-refractivity contribution in [3.05, 3.63) is 167 Å². The Morgan fingerprint density at radius 2 is 1.14 bits per heavy atom. The van der Waals surface area contributed by atoms with Crippen LogP contribution in [0.5, 0.6) is 0 Å². The Labute approximate surface area is 308 Å². The van der Waals surface area contributed by atoms with Crippen molar-refractivity contribution in [1.29, 1.82) is 0 Å². The molecule has 6 rings (SSSR count). The number of ether oxygens (including phenoxy) is 1. The maximum absolute atomic E-state index is 13.9. The van der Waals surface area contributed by atoms with Gasteiger partial charge in [0.1, 0.15) is 18.7 Å². The predicted molar refractivity (Wildman–Crippen MR) is 206 cm³/mol. The zero-order chi connectivity index (χ0) is 36.0. The molecule has 7 nitrogen and oxygen atoms in total. The van der Waals surface area contributed by atoms with E-state index >= 15 is 0 Å². The highest BCUT2D eigenvalue weighted by atomic mass is 32.2.